The van der Waals surface area contributed by atoms with Crippen molar-refractivity contribution in [2.75, 3.05) is 26.2 Å². The molecule has 104 valence electrons. The second-order valence-electron chi connectivity index (χ2n) is 4.30. The highest BCUT2D eigenvalue weighted by Crippen LogP contribution is 2.03. The van der Waals surface area contributed by atoms with Gasteiger partial charge in [-0.05, 0) is 0 Å². The Hall–Kier alpha value is -1.89. The van der Waals surface area contributed by atoms with Crippen molar-refractivity contribution in [3.05, 3.63) is 17.8 Å². The molecular formula is C12H18N4O3. The van der Waals surface area contributed by atoms with E-state index in [2.05, 4.69) is 15.6 Å². The largest absolute Gasteiger partial charge is 0.444 e. The Labute approximate surface area is 111 Å². The van der Waals surface area contributed by atoms with Crippen LogP contribution in [-0.2, 0) is 22.6 Å². The maximum atomic E-state index is 11.8. The smallest absolute Gasteiger partial charge is 0.311 e. The standard InChI is InChI=1S/C12H18N4O3/c1-2-9-7-14-10(19-9)8-15-11(17)12(18)16-5-3-13-4-6-16/h7,13H,2-6,8H2,1H3,(H,15,17). The van der Waals surface area contributed by atoms with Gasteiger partial charge in [-0.1, -0.05) is 6.92 Å². The second-order valence-corrected chi connectivity index (χ2v) is 4.30. The molecule has 1 aromatic heterocycles. The molecule has 7 nitrogen and oxygen atoms in total. The van der Waals surface area contributed by atoms with Crippen LogP contribution in [0.3, 0.4) is 0 Å². The molecule has 2 N–H and O–H groups in total. The molecule has 2 rings (SSSR count). The average molecular weight is 266 g/mol. The van der Waals surface area contributed by atoms with Gasteiger partial charge in [-0.2, -0.15) is 0 Å². The monoisotopic (exact) mass is 266 g/mol. The third-order valence-electron chi connectivity index (χ3n) is 2.95. The zero-order valence-corrected chi connectivity index (χ0v) is 10.9. The average Bonchev–Trinajstić information content (AvgIpc) is 2.93. The van der Waals surface area contributed by atoms with Crippen LogP contribution in [0, 0.1) is 0 Å². The van der Waals surface area contributed by atoms with Gasteiger partial charge in [-0.3, -0.25) is 9.59 Å². The third kappa shape index (κ3) is 3.54. The number of carbonyl (C=O) groups excluding carboxylic acids is 2. The first-order valence-corrected chi connectivity index (χ1v) is 6.42. The van der Waals surface area contributed by atoms with Gasteiger partial charge in [0.25, 0.3) is 0 Å². The number of carbonyl (C=O) groups is 2. The van der Waals surface area contributed by atoms with Gasteiger partial charge in [0, 0.05) is 32.6 Å². The number of hydrogen-bond donors (Lipinski definition) is 2. The molecule has 0 saturated carbocycles. The number of oxazole rings is 1. The molecule has 0 radical (unpaired) electrons. The van der Waals surface area contributed by atoms with E-state index in [1.54, 1.807) is 11.1 Å². The van der Waals surface area contributed by atoms with Crippen molar-refractivity contribution in [3.8, 4) is 0 Å². The van der Waals surface area contributed by atoms with E-state index >= 15 is 0 Å². The Morgan fingerprint density at radius 2 is 2.21 bits per heavy atom. The number of hydrogen-bond acceptors (Lipinski definition) is 5. The van der Waals surface area contributed by atoms with Gasteiger partial charge >= 0.3 is 11.8 Å². The Balaban J connectivity index is 1.81. The SMILES string of the molecule is CCc1cnc(CNC(=O)C(=O)N2CCNCC2)o1. The van der Waals surface area contributed by atoms with E-state index in [9.17, 15) is 9.59 Å². The van der Waals surface area contributed by atoms with E-state index in [1.165, 1.54) is 0 Å². The van der Waals surface area contributed by atoms with Gasteiger partial charge in [-0.15, -0.1) is 0 Å². The molecule has 0 atom stereocenters. The number of aryl methyl sites for hydroxylation is 1. The Morgan fingerprint density at radius 3 is 2.84 bits per heavy atom. The topological polar surface area (TPSA) is 87.5 Å². The Bertz CT molecular complexity index is 452. The van der Waals surface area contributed by atoms with Gasteiger partial charge in [0.1, 0.15) is 5.76 Å². The predicted molar refractivity (Wildman–Crippen MR) is 67.2 cm³/mol. The molecule has 0 unspecified atom stereocenters. The van der Waals surface area contributed by atoms with Crippen LogP contribution >= 0.6 is 0 Å². The van der Waals surface area contributed by atoms with Gasteiger partial charge in [0.05, 0.1) is 12.7 Å². The first-order chi connectivity index (χ1) is 9.20. The summed E-state index contributed by atoms with van der Waals surface area (Å²) in [5.41, 5.74) is 0. The van der Waals surface area contributed by atoms with Crippen LogP contribution in [0.25, 0.3) is 0 Å². The molecule has 0 bridgehead atoms. The maximum Gasteiger partial charge on any atom is 0.311 e. The fraction of sp³-hybridized carbons (Fsp3) is 0.583. The lowest BCUT2D eigenvalue weighted by Crippen LogP contribution is -2.51. The van der Waals surface area contributed by atoms with E-state index in [0.717, 1.165) is 25.3 Å². The fourth-order valence-corrected chi connectivity index (χ4v) is 1.84. The molecule has 19 heavy (non-hydrogen) atoms. The van der Waals surface area contributed by atoms with E-state index in [1.807, 2.05) is 6.92 Å². The second kappa shape index (κ2) is 6.33. The van der Waals surface area contributed by atoms with Crippen molar-refractivity contribution < 1.29 is 14.0 Å². The lowest BCUT2D eigenvalue weighted by atomic mass is 10.3. The number of rotatable bonds is 3. The van der Waals surface area contributed by atoms with Crippen molar-refractivity contribution in [1.29, 1.82) is 0 Å². The quantitative estimate of drug-likeness (QED) is 0.705. The van der Waals surface area contributed by atoms with Crippen LogP contribution in [0.4, 0.5) is 0 Å². The van der Waals surface area contributed by atoms with Crippen molar-refractivity contribution in [3.63, 3.8) is 0 Å². The molecule has 0 spiro atoms. The van der Waals surface area contributed by atoms with Gasteiger partial charge in [0.15, 0.2) is 0 Å². The third-order valence-corrected chi connectivity index (χ3v) is 2.95. The highest BCUT2D eigenvalue weighted by Gasteiger charge is 2.23. The summed E-state index contributed by atoms with van der Waals surface area (Å²) in [7, 11) is 0. The van der Waals surface area contributed by atoms with Crippen molar-refractivity contribution in [1.82, 2.24) is 20.5 Å². The minimum atomic E-state index is -0.613. The summed E-state index contributed by atoms with van der Waals surface area (Å²) in [6.07, 6.45) is 2.38. The minimum absolute atomic E-state index is 0.136. The summed E-state index contributed by atoms with van der Waals surface area (Å²) in [6, 6.07) is 0. The van der Waals surface area contributed by atoms with Crippen molar-refractivity contribution >= 4 is 11.8 Å². The first-order valence-electron chi connectivity index (χ1n) is 6.42. The summed E-state index contributed by atoms with van der Waals surface area (Å²) in [5, 5.41) is 5.65. The zero-order valence-electron chi connectivity index (χ0n) is 10.9. The van der Waals surface area contributed by atoms with Crippen LogP contribution in [0.15, 0.2) is 10.6 Å². The molecule has 1 aromatic rings. The lowest BCUT2D eigenvalue weighted by molar-refractivity contribution is -0.146. The molecule has 1 fully saturated rings. The predicted octanol–water partition coefficient (Wildman–Crippen LogP) is -0.715. The minimum Gasteiger partial charge on any atom is -0.444 e. The Kier molecular flexibility index (Phi) is 4.51. The highest BCUT2D eigenvalue weighted by atomic mass is 16.4. The van der Waals surface area contributed by atoms with Crippen molar-refractivity contribution in [2.24, 2.45) is 0 Å². The van der Waals surface area contributed by atoms with Crippen LogP contribution in [-0.4, -0.2) is 47.9 Å². The number of amides is 2. The molecule has 1 saturated heterocycles. The number of aromatic nitrogens is 1. The zero-order chi connectivity index (χ0) is 13.7. The number of nitrogens with one attached hydrogen (secondary N) is 2. The molecule has 0 aromatic carbocycles. The summed E-state index contributed by atoms with van der Waals surface area (Å²) < 4.78 is 5.35. The van der Waals surface area contributed by atoms with Gasteiger partial charge in [-0.25, -0.2) is 4.98 Å². The van der Waals surface area contributed by atoms with E-state index < -0.39 is 11.8 Å². The Morgan fingerprint density at radius 1 is 1.47 bits per heavy atom. The van der Waals surface area contributed by atoms with Crippen molar-refractivity contribution in [2.45, 2.75) is 19.9 Å². The maximum absolute atomic E-state index is 11.8. The number of nitrogens with zero attached hydrogens (tertiary/aromatic N) is 2. The molecule has 2 heterocycles. The molecular weight excluding hydrogens is 248 g/mol. The van der Waals surface area contributed by atoms with Crippen LogP contribution in [0.1, 0.15) is 18.6 Å². The highest BCUT2D eigenvalue weighted by molar-refractivity contribution is 6.34. The summed E-state index contributed by atoms with van der Waals surface area (Å²) >= 11 is 0. The summed E-state index contributed by atoms with van der Waals surface area (Å²) in [5.74, 6) is 0.0675. The normalized spacial score (nSPS) is 15.3. The molecule has 2 amide bonds. The first kappa shape index (κ1) is 13.5. The van der Waals surface area contributed by atoms with Crippen LogP contribution in [0.2, 0.25) is 0 Å². The molecule has 7 heteroatoms. The van der Waals surface area contributed by atoms with E-state index in [-0.39, 0.29) is 6.54 Å². The van der Waals surface area contributed by atoms with Gasteiger partial charge < -0.3 is 20.0 Å². The molecule has 0 aliphatic carbocycles. The number of piperazine rings is 1. The summed E-state index contributed by atoms with van der Waals surface area (Å²) in [6.45, 7) is 4.65. The molecule has 1 aliphatic heterocycles. The van der Waals surface area contributed by atoms with E-state index in [4.69, 9.17) is 4.42 Å². The fourth-order valence-electron chi connectivity index (χ4n) is 1.84. The van der Waals surface area contributed by atoms with Crippen LogP contribution in [0.5, 0.6) is 0 Å². The van der Waals surface area contributed by atoms with Gasteiger partial charge in [0.2, 0.25) is 5.89 Å². The lowest BCUT2D eigenvalue weighted by Gasteiger charge is -2.26. The molecule has 1 aliphatic rings. The summed E-state index contributed by atoms with van der Waals surface area (Å²) in [4.78, 5) is 29.1. The van der Waals surface area contributed by atoms with E-state index in [0.29, 0.717) is 19.0 Å². The van der Waals surface area contributed by atoms with Crippen LogP contribution < -0.4 is 10.6 Å².